The van der Waals surface area contributed by atoms with Crippen LogP contribution in [0, 0.1) is 0 Å². The van der Waals surface area contributed by atoms with Crippen molar-refractivity contribution in [3.8, 4) is 5.75 Å². The average molecular weight is 392 g/mol. The Hall–Kier alpha value is -1.58. The first kappa shape index (κ1) is 15.8. The van der Waals surface area contributed by atoms with E-state index in [-0.39, 0.29) is 21.2 Å². The van der Waals surface area contributed by atoms with Crippen LogP contribution in [0.25, 0.3) is 0 Å². The summed E-state index contributed by atoms with van der Waals surface area (Å²) < 4.78 is 32.4. The van der Waals surface area contributed by atoms with Crippen LogP contribution >= 0.6 is 27.3 Å². The number of nitrogens with one attached hydrogen (secondary N) is 1. The molecule has 2 N–H and O–H groups in total. The van der Waals surface area contributed by atoms with Crippen molar-refractivity contribution < 1.29 is 23.1 Å². The van der Waals surface area contributed by atoms with Gasteiger partial charge in [0.1, 0.15) is 11.3 Å². The van der Waals surface area contributed by atoms with Gasteiger partial charge >= 0.3 is 5.97 Å². The van der Waals surface area contributed by atoms with Gasteiger partial charge in [-0.05, 0) is 39.5 Å². The number of halogens is 1. The molecule has 1 aromatic heterocycles. The molecule has 9 heteroatoms. The second-order valence-corrected chi connectivity index (χ2v) is 7.53. The molecule has 0 aliphatic rings. The Labute approximate surface area is 133 Å². The summed E-state index contributed by atoms with van der Waals surface area (Å²) in [7, 11) is -2.42. The fourth-order valence-corrected chi connectivity index (χ4v) is 4.99. The van der Waals surface area contributed by atoms with E-state index in [2.05, 4.69) is 20.7 Å². The number of thiophene rings is 1. The molecule has 0 fully saturated rings. The molecule has 0 saturated heterocycles. The van der Waals surface area contributed by atoms with E-state index in [0.29, 0.717) is 4.47 Å². The van der Waals surface area contributed by atoms with Gasteiger partial charge in [-0.15, -0.1) is 11.3 Å². The molecule has 0 bridgehead atoms. The number of sulfonamides is 1. The molecule has 0 atom stereocenters. The van der Waals surface area contributed by atoms with Gasteiger partial charge in [0.15, 0.2) is 4.21 Å². The van der Waals surface area contributed by atoms with Gasteiger partial charge in [-0.2, -0.15) is 0 Å². The van der Waals surface area contributed by atoms with E-state index in [0.717, 1.165) is 11.3 Å². The summed E-state index contributed by atoms with van der Waals surface area (Å²) in [5.74, 6) is -1.07. The van der Waals surface area contributed by atoms with Crippen molar-refractivity contribution in [3.63, 3.8) is 0 Å². The second kappa shape index (κ2) is 6.04. The zero-order valence-corrected chi connectivity index (χ0v) is 13.9. The molecule has 21 heavy (non-hydrogen) atoms. The van der Waals surface area contributed by atoms with Crippen molar-refractivity contribution in [2.75, 3.05) is 11.8 Å². The second-order valence-electron chi connectivity index (χ2n) is 3.88. The van der Waals surface area contributed by atoms with Crippen LogP contribution in [0.15, 0.2) is 38.3 Å². The molecule has 1 aromatic carbocycles. The number of carbonyl (C=O) groups is 1. The van der Waals surface area contributed by atoms with E-state index in [1.807, 2.05) is 0 Å². The Morgan fingerprint density at radius 3 is 2.62 bits per heavy atom. The SMILES string of the molecule is COc1cc(NS(=O)(=O)c2sccc2Br)ccc1C(=O)O. The molecule has 0 radical (unpaired) electrons. The molecule has 0 aliphatic carbocycles. The summed E-state index contributed by atoms with van der Waals surface area (Å²) in [6.07, 6.45) is 0. The van der Waals surface area contributed by atoms with Gasteiger partial charge in [0, 0.05) is 10.5 Å². The van der Waals surface area contributed by atoms with E-state index >= 15 is 0 Å². The summed E-state index contributed by atoms with van der Waals surface area (Å²) in [5.41, 5.74) is 0.176. The molecular formula is C12H10BrNO5S2. The predicted octanol–water partition coefficient (Wildman–Crippen LogP) is 3.02. The van der Waals surface area contributed by atoms with Crippen molar-refractivity contribution in [3.05, 3.63) is 39.7 Å². The minimum atomic E-state index is -3.74. The van der Waals surface area contributed by atoms with Crippen molar-refractivity contribution in [2.24, 2.45) is 0 Å². The van der Waals surface area contributed by atoms with Crippen LogP contribution in [0.5, 0.6) is 5.75 Å². The number of carboxylic acids is 1. The van der Waals surface area contributed by atoms with Crippen LogP contribution in [-0.4, -0.2) is 26.6 Å². The maximum atomic E-state index is 12.2. The third-order valence-electron chi connectivity index (χ3n) is 2.51. The molecule has 2 rings (SSSR count). The van der Waals surface area contributed by atoms with Gasteiger partial charge in [0.25, 0.3) is 10.0 Å². The van der Waals surface area contributed by atoms with Crippen molar-refractivity contribution in [1.82, 2.24) is 0 Å². The molecule has 0 aliphatic heterocycles. The van der Waals surface area contributed by atoms with Gasteiger partial charge in [-0.25, -0.2) is 13.2 Å². The van der Waals surface area contributed by atoms with Crippen LogP contribution in [0.1, 0.15) is 10.4 Å². The molecule has 112 valence electrons. The zero-order valence-electron chi connectivity index (χ0n) is 10.7. The predicted molar refractivity (Wildman–Crippen MR) is 82.8 cm³/mol. The number of benzene rings is 1. The number of hydrogen-bond donors (Lipinski definition) is 2. The Balaban J connectivity index is 2.36. The highest BCUT2D eigenvalue weighted by molar-refractivity contribution is 9.10. The lowest BCUT2D eigenvalue weighted by atomic mass is 10.2. The number of ether oxygens (including phenoxy) is 1. The summed E-state index contributed by atoms with van der Waals surface area (Å²) in [4.78, 5) is 11.0. The van der Waals surface area contributed by atoms with Crippen LogP contribution in [0.2, 0.25) is 0 Å². The molecule has 0 unspecified atom stereocenters. The van der Waals surface area contributed by atoms with Crippen LogP contribution in [-0.2, 0) is 10.0 Å². The fraction of sp³-hybridized carbons (Fsp3) is 0.0833. The van der Waals surface area contributed by atoms with Crippen LogP contribution < -0.4 is 9.46 Å². The van der Waals surface area contributed by atoms with Gasteiger partial charge in [-0.3, -0.25) is 4.72 Å². The maximum Gasteiger partial charge on any atom is 0.339 e. The highest BCUT2D eigenvalue weighted by Crippen LogP contribution is 2.30. The minimum Gasteiger partial charge on any atom is -0.496 e. The maximum absolute atomic E-state index is 12.2. The third kappa shape index (κ3) is 3.36. The number of anilines is 1. The normalized spacial score (nSPS) is 11.1. The summed E-state index contributed by atoms with van der Waals surface area (Å²) in [6, 6.07) is 5.60. The van der Waals surface area contributed by atoms with Gasteiger partial charge < -0.3 is 9.84 Å². The molecule has 6 nitrogen and oxygen atoms in total. The van der Waals surface area contributed by atoms with Crippen molar-refractivity contribution in [2.45, 2.75) is 4.21 Å². The monoisotopic (exact) mass is 391 g/mol. The number of methoxy groups -OCH3 is 1. The quantitative estimate of drug-likeness (QED) is 0.816. The smallest absolute Gasteiger partial charge is 0.339 e. The lowest BCUT2D eigenvalue weighted by molar-refractivity contribution is 0.0693. The van der Waals surface area contributed by atoms with Gasteiger partial charge in [-0.1, -0.05) is 0 Å². The molecular weight excluding hydrogens is 382 g/mol. The molecule has 1 heterocycles. The lowest BCUT2D eigenvalue weighted by Gasteiger charge is -2.10. The Morgan fingerprint density at radius 1 is 1.38 bits per heavy atom. The Kier molecular flexibility index (Phi) is 4.55. The largest absolute Gasteiger partial charge is 0.496 e. The summed E-state index contributed by atoms with van der Waals surface area (Å²) in [6.45, 7) is 0. The van der Waals surface area contributed by atoms with Crippen LogP contribution in [0.3, 0.4) is 0 Å². The van der Waals surface area contributed by atoms with Gasteiger partial charge in [0.05, 0.1) is 12.8 Å². The van der Waals surface area contributed by atoms with E-state index < -0.39 is 16.0 Å². The minimum absolute atomic E-state index is 0.0437. The van der Waals surface area contributed by atoms with E-state index in [1.54, 1.807) is 11.4 Å². The molecule has 0 saturated carbocycles. The highest BCUT2D eigenvalue weighted by atomic mass is 79.9. The standard InChI is InChI=1S/C12H10BrNO5S2/c1-19-10-6-7(2-3-8(10)11(15)16)14-21(17,18)12-9(13)4-5-20-12/h2-6,14H,1H3,(H,15,16). The lowest BCUT2D eigenvalue weighted by Crippen LogP contribution is -2.12. The van der Waals surface area contributed by atoms with Crippen molar-refractivity contribution >= 4 is 48.9 Å². The zero-order chi connectivity index (χ0) is 15.6. The Bertz CT molecular complexity index is 785. The highest BCUT2D eigenvalue weighted by Gasteiger charge is 2.20. The number of rotatable bonds is 5. The Morgan fingerprint density at radius 2 is 2.10 bits per heavy atom. The topological polar surface area (TPSA) is 92.7 Å². The van der Waals surface area contributed by atoms with Gasteiger partial charge in [0.2, 0.25) is 0 Å². The first-order valence-electron chi connectivity index (χ1n) is 5.52. The summed E-state index contributed by atoms with van der Waals surface area (Å²) in [5, 5.41) is 10.6. The van der Waals surface area contributed by atoms with Crippen LogP contribution in [0.4, 0.5) is 5.69 Å². The number of aromatic carboxylic acids is 1. The van der Waals surface area contributed by atoms with E-state index in [1.165, 1.54) is 25.3 Å². The average Bonchev–Trinajstić information content (AvgIpc) is 2.85. The number of hydrogen-bond acceptors (Lipinski definition) is 5. The fourth-order valence-electron chi connectivity index (χ4n) is 1.60. The first-order chi connectivity index (χ1) is 9.85. The third-order valence-corrected chi connectivity index (χ3v) is 6.56. The summed E-state index contributed by atoms with van der Waals surface area (Å²) >= 11 is 4.23. The first-order valence-corrected chi connectivity index (χ1v) is 8.68. The molecule has 0 spiro atoms. The molecule has 0 amide bonds. The number of carboxylic acid groups (broad SMARTS) is 1. The molecule has 2 aromatic rings. The van der Waals surface area contributed by atoms with Crippen molar-refractivity contribution in [1.29, 1.82) is 0 Å². The van der Waals surface area contributed by atoms with E-state index in [4.69, 9.17) is 9.84 Å². The van der Waals surface area contributed by atoms with E-state index in [9.17, 15) is 13.2 Å².